The molecular formula is C17H23NO5. The van der Waals surface area contributed by atoms with Crippen LogP contribution < -0.4 is 14.8 Å². The van der Waals surface area contributed by atoms with Crippen LogP contribution in [0.15, 0.2) is 18.2 Å². The molecule has 0 saturated carbocycles. The number of benzene rings is 1. The van der Waals surface area contributed by atoms with Crippen LogP contribution in [0.1, 0.15) is 31.2 Å². The van der Waals surface area contributed by atoms with Crippen molar-refractivity contribution < 1.29 is 24.2 Å². The van der Waals surface area contributed by atoms with Gasteiger partial charge in [-0.25, -0.2) is 0 Å². The number of methoxy groups -OCH3 is 1. The van der Waals surface area contributed by atoms with E-state index in [1.54, 1.807) is 7.11 Å². The average molecular weight is 321 g/mol. The van der Waals surface area contributed by atoms with E-state index in [9.17, 15) is 9.59 Å². The largest absolute Gasteiger partial charge is 0.497 e. The van der Waals surface area contributed by atoms with Gasteiger partial charge in [0.1, 0.15) is 18.1 Å². The third-order valence-electron chi connectivity index (χ3n) is 3.91. The van der Waals surface area contributed by atoms with Gasteiger partial charge < -0.3 is 19.9 Å². The van der Waals surface area contributed by atoms with Crippen molar-refractivity contribution in [3.63, 3.8) is 0 Å². The molecule has 1 aliphatic heterocycles. The Labute approximate surface area is 135 Å². The maximum absolute atomic E-state index is 12.2. The Kier molecular flexibility index (Phi) is 6.26. The fourth-order valence-electron chi connectivity index (χ4n) is 2.60. The summed E-state index contributed by atoms with van der Waals surface area (Å²) in [5.74, 6) is 0.572. The van der Waals surface area contributed by atoms with Gasteiger partial charge in [-0.05, 0) is 43.0 Å². The van der Waals surface area contributed by atoms with Crippen molar-refractivity contribution in [1.82, 2.24) is 5.32 Å². The van der Waals surface area contributed by atoms with Crippen LogP contribution >= 0.6 is 0 Å². The van der Waals surface area contributed by atoms with Crippen molar-refractivity contribution in [3.8, 4) is 11.5 Å². The number of unbranched alkanes of at least 4 members (excludes halogenated alkanes) is 2. The second-order valence-electron chi connectivity index (χ2n) is 5.68. The first-order chi connectivity index (χ1) is 11.1. The normalized spacial score (nSPS) is 16.1. The SMILES string of the molecule is COc1ccc2c(c1)CC(C(=O)NCCCCCC(=O)O)CO2. The van der Waals surface area contributed by atoms with E-state index in [-0.39, 0.29) is 18.2 Å². The van der Waals surface area contributed by atoms with Crippen LogP contribution in [0.5, 0.6) is 11.5 Å². The lowest BCUT2D eigenvalue weighted by molar-refractivity contribution is -0.137. The summed E-state index contributed by atoms with van der Waals surface area (Å²) in [6, 6.07) is 5.61. The van der Waals surface area contributed by atoms with Gasteiger partial charge in [-0.15, -0.1) is 0 Å². The van der Waals surface area contributed by atoms with E-state index in [4.69, 9.17) is 14.6 Å². The number of hydrogen-bond donors (Lipinski definition) is 2. The average Bonchev–Trinajstić information content (AvgIpc) is 2.56. The van der Waals surface area contributed by atoms with Gasteiger partial charge in [-0.3, -0.25) is 9.59 Å². The van der Waals surface area contributed by atoms with Crippen LogP contribution in [-0.4, -0.2) is 37.2 Å². The smallest absolute Gasteiger partial charge is 0.303 e. The molecule has 1 aromatic rings. The molecule has 0 radical (unpaired) electrons. The number of rotatable bonds is 8. The van der Waals surface area contributed by atoms with Gasteiger partial charge in [0.25, 0.3) is 0 Å². The molecule has 2 rings (SSSR count). The van der Waals surface area contributed by atoms with E-state index >= 15 is 0 Å². The first-order valence-electron chi connectivity index (χ1n) is 7.89. The minimum atomic E-state index is -0.775. The van der Waals surface area contributed by atoms with Crippen LogP contribution in [-0.2, 0) is 16.0 Å². The standard InChI is InChI=1S/C17H23NO5/c1-22-14-6-7-15-12(10-14)9-13(11-23-15)17(21)18-8-4-2-3-5-16(19)20/h6-7,10,13H,2-5,8-9,11H2,1H3,(H,18,21)(H,19,20). The Balaban J connectivity index is 1.74. The molecule has 0 spiro atoms. The number of carboxylic acid groups (broad SMARTS) is 1. The van der Waals surface area contributed by atoms with E-state index in [2.05, 4.69) is 5.32 Å². The molecule has 2 N–H and O–H groups in total. The summed E-state index contributed by atoms with van der Waals surface area (Å²) in [4.78, 5) is 22.6. The fraction of sp³-hybridized carbons (Fsp3) is 0.529. The van der Waals surface area contributed by atoms with Crippen LogP contribution in [0, 0.1) is 5.92 Å². The molecule has 0 aromatic heterocycles. The second-order valence-corrected chi connectivity index (χ2v) is 5.68. The molecule has 1 heterocycles. The lowest BCUT2D eigenvalue weighted by Gasteiger charge is -2.25. The first kappa shape index (κ1) is 17.1. The molecule has 1 unspecified atom stereocenters. The molecular weight excluding hydrogens is 298 g/mol. The predicted molar refractivity (Wildman–Crippen MR) is 84.8 cm³/mol. The molecule has 126 valence electrons. The quantitative estimate of drug-likeness (QED) is 0.716. The molecule has 0 bridgehead atoms. The molecule has 1 aromatic carbocycles. The van der Waals surface area contributed by atoms with Gasteiger partial charge in [0, 0.05) is 13.0 Å². The van der Waals surface area contributed by atoms with Gasteiger partial charge in [0.2, 0.25) is 5.91 Å². The maximum Gasteiger partial charge on any atom is 0.303 e. The highest BCUT2D eigenvalue weighted by Crippen LogP contribution is 2.30. The summed E-state index contributed by atoms with van der Waals surface area (Å²) in [6.45, 7) is 0.949. The lowest BCUT2D eigenvalue weighted by Crippen LogP contribution is -2.37. The first-order valence-corrected chi connectivity index (χ1v) is 7.89. The second kappa shape index (κ2) is 8.41. The fourth-order valence-corrected chi connectivity index (χ4v) is 2.60. The molecule has 1 amide bonds. The minimum absolute atomic E-state index is 0.0169. The number of aliphatic carboxylic acids is 1. The highest BCUT2D eigenvalue weighted by molar-refractivity contribution is 5.79. The van der Waals surface area contributed by atoms with Crippen LogP contribution in [0.3, 0.4) is 0 Å². The van der Waals surface area contributed by atoms with Crippen molar-refractivity contribution in [3.05, 3.63) is 23.8 Å². The number of nitrogens with one attached hydrogen (secondary N) is 1. The molecule has 0 saturated heterocycles. The van der Waals surface area contributed by atoms with Gasteiger partial charge >= 0.3 is 5.97 Å². The lowest BCUT2D eigenvalue weighted by atomic mass is 9.95. The number of amides is 1. The van der Waals surface area contributed by atoms with E-state index in [0.717, 1.165) is 29.9 Å². The van der Waals surface area contributed by atoms with E-state index in [1.807, 2.05) is 18.2 Å². The van der Waals surface area contributed by atoms with E-state index in [0.29, 0.717) is 26.0 Å². The van der Waals surface area contributed by atoms with Crippen molar-refractivity contribution in [2.24, 2.45) is 5.92 Å². The molecule has 6 nitrogen and oxygen atoms in total. The number of fused-ring (bicyclic) bond motifs is 1. The molecule has 0 fully saturated rings. The Hall–Kier alpha value is -2.24. The number of carbonyl (C=O) groups is 2. The number of ether oxygens (including phenoxy) is 2. The summed E-state index contributed by atoms with van der Waals surface area (Å²) in [7, 11) is 1.61. The summed E-state index contributed by atoms with van der Waals surface area (Å²) >= 11 is 0. The molecule has 1 atom stereocenters. The highest BCUT2D eigenvalue weighted by atomic mass is 16.5. The summed E-state index contributed by atoms with van der Waals surface area (Å²) in [5, 5.41) is 11.5. The molecule has 0 aliphatic carbocycles. The predicted octanol–water partition coefficient (Wildman–Crippen LogP) is 2.01. The summed E-state index contributed by atoms with van der Waals surface area (Å²) in [5.41, 5.74) is 0.984. The van der Waals surface area contributed by atoms with Crippen LogP contribution in [0.2, 0.25) is 0 Å². The zero-order valence-electron chi connectivity index (χ0n) is 13.3. The monoisotopic (exact) mass is 321 g/mol. The van der Waals surface area contributed by atoms with Gasteiger partial charge in [0.15, 0.2) is 0 Å². The highest BCUT2D eigenvalue weighted by Gasteiger charge is 2.26. The zero-order valence-corrected chi connectivity index (χ0v) is 13.3. The van der Waals surface area contributed by atoms with Crippen molar-refractivity contribution in [2.45, 2.75) is 32.1 Å². The van der Waals surface area contributed by atoms with E-state index in [1.165, 1.54) is 0 Å². The third-order valence-corrected chi connectivity index (χ3v) is 3.91. The van der Waals surface area contributed by atoms with Crippen molar-refractivity contribution >= 4 is 11.9 Å². The Morgan fingerprint density at radius 1 is 1.35 bits per heavy atom. The van der Waals surface area contributed by atoms with E-state index < -0.39 is 5.97 Å². The van der Waals surface area contributed by atoms with Gasteiger partial charge in [0.05, 0.1) is 13.0 Å². The van der Waals surface area contributed by atoms with Crippen molar-refractivity contribution in [1.29, 1.82) is 0 Å². The third kappa shape index (κ3) is 5.16. The number of hydrogen-bond acceptors (Lipinski definition) is 4. The number of carboxylic acids is 1. The minimum Gasteiger partial charge on any atom is -0.497 e. The maximum atomic E-state index is 12.2. The zero-order chi connectivity index (χ0) is 16.7. The Morgan fingerprint density at radius 2 is 2.17 bits per heavy atom. The van der Waals surface area contributed by atoms with Gasteiger partial charge in [-0.2, -0.15) is 0 Å². The summed E-state index contributed by atoms with van der Waals surface area (Å²) < 4.78 is 10.8. The Morgan fingerprint density at radius 3 is 2.91 bits per heavy atom. The number of carbonyl (C=O) groups excluding carboxylic acids is 1. The molecule has 1 aliphatic rings. The topological polar surface area (TPSA) is 84.9 Å². The van der Waals surface area contributed by atoms with Crippen LogP contribution in [0.4, 0.5) is 0 Å². The molecule has 6 heteroatoms. The molecule has 23 heavy (non-hydrogen) atoms. The Bertz CT molecular complexity index is 558. The van der Waals surface area contributed by atoms with Crippen LogP contribution in [0.25, 0.3) is 0 Å². The van der Waals surface area contributed by atoms with Crippen molar-refractivity contribution in [2.75, 3.05) is 20.3 Å². The summed E-state index contributed by atoms with van der Waals surface area (Å²) in [6.07, 6.45) is 3.05. The van der Waals surface area contributed by atoms with Gasteiger partial charge in [-0.1, -0.05) is 6.42 Å².